The SMILES string of the molecule is Cc1c(-c2nnc(I)o2)cnn1C. The minimum Gasteiger partial charge on any atom is -0.412 e. The van der Waals surface area contributed by atoms with Gasteiger partial charge in [-0.05, 0) is 6.92 Å². The lowest BCUT2D eigenvalue weighted by Crippen LogP contribution is -1.92. The van der Waals surface area contributed by atoms with Gasteiger partial charge < -0.3 is 4.42 Å². The highest BCUT2D eigenvalue weighted by atomic mass is 127. The van der Waals surface area contributed by atoms with Crippen molar-refractivity contribution in [3.8, 4) is 11.5 Å². The maximum Gasteiger partial charge on any atom is 0.278 e. The molecule has 0 spiro atoms. The zero-order valence-corrected chi connectivity index (χ0v) is 9.31. The van der Waals surface area contributed by atoms with Gasteiger partial charge in [0.05, 0.1) is 11.8 Å². The second kappa shape index (κ2) is 3.09. The average molecular weight is 290 g/mol. The van der Waals surface area contributed by atoms with Gasteiger partial charge in [-0.15, -0.1) is 10.2 Å². The molecule has 0 fully saturated rings. The van der Waals surface area contributed by atoms with Crippen LogP contribution in [0.1, 0.15) is 5.69 Å². The van der Waals surface area contributed by atoms with E-state index in [1.165, 1.54) is 0 Å². The Morgan fingerprint density at radius 1 is 1.46 bits per heavy atom. The minimum atomic E-state index is 0.523. The third-order valence-electron chi connectivity index (χ3n) is 1.87. The number of halogens is 1. The number of hydrogen-bond donors (Lipinski definition) is 0. The summed E-state index contributed by atoms with van der Waals surface area (Å²) in [5.41, 5.74) is 1.90. The smallest absolute Gasteiger partial charge is 0.278 e. The van der Waals surface area contributed by atoms with Crippen molar-refractivity contribution >= 4 is 22.6 Å². The first-order chi connectivity index (χ1) is 6.18. The van der Waals surface area contributed by atoms with Crippen LogP contribution in [-0.2, 0) is 7.05 Å². The van der Waals surface area contributed by atoms with E-state index in [1.807, 2.05) is 36.6 Å². The molecule has 13 heavy (non-hydrogen) atoms. The van der Waals surface area contributed by atoms with Crippen LogP contribution in [0.3, 0.4) is 0 Å². The molecule has 2 aromatic heterocycles. The van der Waals surface area contributed by atoms with Gasteiger partial charge in [-0.25, -0.2) is 0 Å². The van der Waals surface area contributed by atoms with Gasteiger partial charge in [0.25, 0.3) is 9.79 Å². The van der Waals surface area contributed by atoms with E-state index in [0.29, 0.717) is 9.79 Å². The molecule has 6 heteroatoms. The van der Waals surface area contributed by atoms with Gasteiger partial charge in [-0.2, -0.15) is 5.10 Å². The molecule has 0 aromatic carbocycles. The molecule has 0 aliphatic carbocycles. The molecule has 0 bridgehead atoms. The summed E-state index contributed by atoms with van der Waals surface area (Å²) in [6.07, 6.45) is 1.72. The molecule has 5 nitrogen and oxygen atoms in total. The Balaban J connectivity index is 2.52. The molecule has 0 amide bonds. The second-order valence-electron chi connectivity index (χ2n) is 2.63. The van der Waals surface area contributed by atoms with Crippen LogP contribution in [0.25, 0.3) is 11.5 Å². The minimum absolute atomic E-state index is 0.523. The fraction of sp³-hybridized carbons (Fsp3) is 0.286. The first-order valence-corrected chi connectivity index (χ1v) is 4.74. The van der Waals surface area contributed by atoms with Crippen molar-refractivity contribution in [2.75, 3.05) is 0 Å². The fourth-order valence-corrected chi connectivity index (χ4v) is 1.34. The maximum atomic E-state index is 5.27. The van der Waals surface area contributed by atoms with Gasteiger partial charge in [0.2, 0.25) is 0 Å². The van der Waals surface area contributed by atoms with Crippen molar-refractivity contribution < 1.29 is 4.42 Å². The van der Waals surface area contributed by atoms with Crippen molar-refractivity contribution in [3.05, 3.63) is 15.8 Å². The summed E-state index contributed by atoms with van der Waals surface area (Å²) in [6, 6.07) is 0. The molecule has 0 saturated heterocycles. The molecular weight excluding hydrogens is 283 g/mol. The Morgan fingerprint density at radius 2 is 2.23 bits per heavy atom. The van der Waals surface area contributed by atoms with Crippen LogP contribution in [0.2, 0.25) is 0 Å². The van der Waals surface area contributed by atoms with E-state index in [4.69, 9.17) is 4.42 Å². The molecule has 2 rings (SSSR count). The number of rotatable bonds is 1. The topological polar surface area (TPSA) is 56.7 Å². The average Bonchev–Trinajstić information content (AvgIpc) is 2.62. The van der Waals surface area contributed by atoms with Crippen LogP contribution in [0, 0.1) is 10.8 Å². The highest BCUT2D eigenvalue weighted by Gasteiger charge is 2.12. The Hall–Kier alpha value is -0.920. The van der Waals surface area contributed by atoms with E-state index in [1.54, 1.807) is 10.9 Å². The molecule has 0 aliphatic heterocycles. The van der Waals surface area contributed by atoms with Gasteiger partial charge in [0.15, 0.2) is 0 Å². The molecule has 0 saturated carbocycles. The van der Waals surface area contributed by atoms with E-state index < -0.39 is 0 Å². The molecule has 0 unspecified atom stereocenters. The van der Waals surface area contributed by atoms with Crippen LogP contribution in [0.4, 0.5) is 0 Å². The maximum absolute atomic E-state index is 5.27. The Morgan fingerprint density at radius 3 is 2.69 bits per heavy atom. The molecule has 2 aromatic rings. The monoisotopic (exact) mass is 290 g/mol. The zero-order chi connectivity index (χ0) is 9.42. The van der Waals surface area contributed by atoms with Crippen LogP contribution < -0.4 is 0 Å². The molecule has 0 radical (unpaired) electrons. The Labute approximate surface area is 88.3 Å². The van der Waals surface area contributed by atoms with Crippen molar-refractivity contribution in [1.82, 2.24) is 20.0 Å². The van der Waals surface area contributed by atoms with E-state index in [-0.39, 0.29) is 0 Å². The highest BCUT2D eigenvalue weighted by Crippen LogP contribution is 2.21. The molecule has 0 aliphatic rings. The predicted molar refractivity (Wildman–Crippen MR) is 54.0 cm³/mol. The van der Waals surface area contributed by atoms with Gasteiger partial charge >= 0.3 is 0 Å². The first kappa shape index (κ1) is 8.67. The van der Waals surface area contributed by atoms with Crippen LogP contribution in [0.15, 0.2) is 10.6 Å². The fourth-order valence-electron chi connectivity index (χ4n) is 1.02. The summed E-state index contributed by atoms with van der Waals surface area (Å²) in [6.45, 7) is 1.96. The third-order valence-corrected chi connectivity index (χ3v) is 2.30. The normalized spacial score (nSPS) is 10.7. The van der Waals surface area contributed by atoms with Gasteiger partial charge in [-0.3, -0.25) is 4.68 Å². The lowest BCUT2D eigenvalue weighted by Gasteiger charge is -1.93. The summed E-state index contributed by atoms with van der Waals surface area (Å²) in [5.74, 6) is 0.523. The summed E-state index contributed by atoms with van der Waals surface area (Å²) >= 11 is 1.98. The summed E-state index contributed by atoms with van der Waals surface area (Å²) in [5, 5.41) is 11.7. The standard InChI is InChI=1S/C7H7IN4O/c1-4-5(3-9-12(4)2)6-10-11-7(8)13-6/h3H,1-2H3. The quantitative estimate of drug-likeness (QED) is 0.745. The summed E-state index contributed by atoms with van der Waals surface area (Å²) in [4.78, 5) is 0. The Bertz CT molecular complexity index is 433. The molecule has 2 heterocycles. The highest BCUT2D eigenvalue weighted by molar-refractivity contribution is 14.1. The van der Waals surface area contributed by atoms with Crippen molar-refractivity contribution in [2.24, 2.45) is 7.05 Å². The van der Waals surface area contributed by atoms with Gasteiger partial charge in [-0.1, -0.05) is 0 Å². The summed E-state index contributed by atoms with van der Waals surface area (Å²) < 4.78 is 7.58. The van der Waals surface area contributed by atoms with Crippen LogP contribution in [0.5, 0.6) is 0 Å². The predicted octanol–water partition coefficient (Wildman–Crippen LogP) is 1.38. The van der Waals surface area contributed by atoms with Crippen LogP contribution >= 0.6 is 22.6 Å². The zero-order valence-electron chi connectivity index (χ0n) is 7.15. The van der Waals surface area contributed by atoms with Gasteiger partial charge in [0.1, 0.15) is 0 Å². The molecule has 0 N–H and O–H groups in total. The van der Waals surface area contributed by atoms with Crippen molar-refractivity contribution in [3.63, 3.8) is 0 Å². The number of nitrogens with zero attached hydrogens (tertiary/aromatic N) is 4. The lowest BCUT2D eigenvalue weighted by molar-refractivity contribution is 0.536. The number of hydrogen-bond acceptors (Lipinski definition) is 4. The molecule has 0 atom stereocenters. The van der Waals surface area contributed by atoms with E-state index in [9.17, 15) is 0 Å². The van der Waals surface area contributed by atoms with E-state index >= 15 is 0 Å². The van der Waals surface area contributed by atoms with Crippen LogP contribution in [-0.4, -0.2) is 20.0 Å². The van der Waals surface area contributed by atoms with E-state index in [2.05, 4.69) is 15.3 Å². The second-order valence-corrected chi connectivity index (χ2v) is 3.55. The van der Waals surface area contributed by atoms with E-state index in [0.717, 1.165) is 11.3 Å². The number of aryl methyl sites for hydroxylation is 1. The van der Waals surface area contributed by atoms with Crippen molar-refractivity contribution in [2.45, 2.75) is 6.92 Å². The van der Waals surface area contributed by atoms with Gasteiger partial charge in [0, 0.05) is 35.3 Å². The largest absolute Gasteiger partial charge is 0.412 e. The molecule has 68 valence electrons. The van der Waals surface area contributed by atoms with Crippen molar-refractivity contribution in [1.29, 1.82) is 0 Å². The third kappa shape index (κ3) is 1.45. The summed E-state index contributed by atoms with van der Waals surface area (Å²) in [7, 11) is 1.88. The number of aromatic nitrogens is 4. The first-order valence-electron chi connectivity index (χ1n) is 3.66. The Kier molecular flexibility index (Phi) is 2.06. The molecular formula is C7H7IN4O. The lowest BCUT2D eigenvalue weighted by atomic mass is 10.3.